The van der Waals surface area contributed by atoms with Crippen molar-refractivity contribution in [1.82, 2.24) is 10.2 Å². The van der Waals surface area contributed by atoms with Crippen LogP contribution in [0.4, 0.5) is 5.82 Å². The fourth-order valence-electron chi connectivity index (χ4n) is 1.97. The van der Waals surface area contributed by atoms with E-state index >= 15 is 0 Å². The molecular formula is C16H21N3O2. The minimum atomic E-state index is 0.427. The first kappa shape index (κ1) is 15.1. The fraction of sp³-hybridized carbons (Fsp3) is 0.375. The second kappa shape index (κ2) is 6.92. The molecule has 1 heterocycles. The normalized spacial score (nSPS) is 10.5. The van der Waals surface area contributed by atoms with Crippen molar-refractivity contribution in [2.24, 2.45) is 0 Å². The summed E-state index contributed by atoms with van der Waals surface area (Å²) < 4.78 is 10.6. The van der Waals surface area contributed by atoms with Crippen LogP contribution in [0.15, 0.2) is 30.5 Å². The van der Waals surface area contributed by atoms with Gasteiger partial charge < -0.3 is 14.8 Å². The van der Waals surface area contributed by atoms with Gasteiger partial charge in [0.15, 0.2) is 0 Å². The average molecular weight is 287 g/mol. The molecule has 0 fully saturated rings. The first-order valence-electron chi connectivity index (χ1n) is 6.91. The van der Waals surface area contributed by atoms with E-state index in [4.69, 9.17) is 9.47 Å². The smallest absolute Gasteiger partial charge is 0.149 e. The van der Waals surface area contributed by atoms with Crippen LogP contribution in [0.1, 0.15) is 30.9 Å². The van der Waals surface area contributed by atoms with Crippen LogP contribution in [-0.4, -0.2) is 24.4 Å². The zero-order valence-electron chi connectivity index (χ0n) is 12.9. The molecule has 0 bridgehead atoms. The van der Waals surface area contributed by atoms with Crippen molar-refractivity contribution < 1.29 is 9.47 Å². The molecule has 0 atom stereocenters. The Morgan fingerprint density at radius 3 is 2.62 bits per heavy atom. The summed E-state index contributed by atoms with van der Waals surface area (Å²) in [6.07, 6.45) is 1.80. The number of anilines is 1. The molecule has 5 nitrogen and oxygen atoms in total. The Balaban J connectivity index is 2.11. The molecule has 1 aromatic heterocycles. The van der Waals surface area contributed by atoms with Crippen molar-refractivity contribution in [1.29, 1.82) is 0 Å². The van der Waals surface area contributed by atoms with Crippen LogP contribution < -0.4 is 14.8 Å². The number of nitrogens with zero attached hydrogens (tertiary/aromatic N) is 2. The van der Waals surface area contributed by atoms with Gasteiger partial charge in [0.25, 0.3) is 0 Å². The van der Waals surface area contributed by atoms with E-state index in [1.54, 1.807) is 20.4 Å². The predicted octanol–water partition coefficient (Wildman–Crippen LogP) is 3.23. The molecule has 0 unspecified atom stereocenters. The minimum Gasteiger partial charge on any atom is -0.497 e. The van der Waals surface area contributed by atoms with Gasteiger partial charge in [0.1, 0.15) is 17.3 Å². The van der Waals surface area contributed by atoms with Gasteiger partial charge in [0, 0.05) is 18.2 Å². The van der Waals surface area contributed by atoms with Gasteiger partial charge in [-0.1, -0.05) is 13.8 Å². The lowest BCUT2D eigenvalue weighted by Gasteiger charge is -2.12. The fourth-order valence-corrected chi connectivity index (χ4v) is 1.97. The highest BCUT2D eigenvalue weighted by atomic mass is 16.5. The van der Waals surface area contributed by atoms with Gasteiger partial charge in [-0.2, -0.15) is 5.10 Å². The number of benzene rings is 1. The summed E-state index contributed by atoms with van der Waals surface area (Å²) in [4.78, 5) is 0. The Hall–Kier alpha value is -2.30. The first-order valence-corrected chi connectivity index (χ1v) is 6.91. The Morgan fingerprint density at radius 2 is 1.95 bits per heavy atom. The summed E-state index contributed by atoms with van der Waals surface area (Å²) >= 11 is 0. The molecule has 0 saturated carbocycles. The van der Waals surface area contributed by atoms with Crippen molar-refractivity contribution in [3.05, 3.63) is 41.6 Å². The second-order valence-corrected chi connectivity index (χ2v) is 5.06. The average Bonchev–Trinajstić information content (AvgIpc) is 2.53. The Kier molecular flexibility index (Phi) is 4.98. The van der Waals surface area contributed by atoms with Gasteiger partial charge in [-0.25, -0.2) is 0 Å². The van der Waals surface area contributed by atoms with E-state index < -0.39 is 0 Å². The number of nitrogens with one attached hydrogen (secondary N) is 1. The zero-order chi connectivity index (χ0) is 15.2. The molecule has 0 amide bonds. The molecule has 0 spiro atoms. The lowest BCUT2D eigenvalue weighted by molar-refractivity contribution is 0.391. The molecule has 0 aliphatic rings. The van der Waals surface area contributed by atoms with E-state index in [2.05, 4.69) is 29.4 Å². The number of ether oxygens (including phenoxy) is 2. The number of hydrogen-bond acceptors (Lipinski definition) is 5. The van der Waals surface area contributed by atoms with E-state index in [-0.39, 0.29) is 0 Å². The largest absolute Gasteiger partial charge is 0.497 e. The monoisotopic (exact) mass is 287 g/mol. The summed E-state index contributed by atoms with van der Waals surface area (Å²) in [5, 5.41) is 11.4. The van der Waals surface area contributed by atoms with Gasteiger partial charge in [0.05, 0.1) is 20.4 Å². The maximum Gasteiger partial charge on any atom is 0.149 e. The highest BCUT2D eigenvalue weighted by Gasteiger charge is 2.06. The SMILES string of the molecule is COc1ccc(CNc2cc(C(C)C)cnn2)c(OC)c1. The topological polar surface area (TPSA) is 56.3 Å². The first-order chi connectivity index (χ1) is 10.1. The Morgan fingerprint density at radius 1 is 1.14 bits per heavy atom. The van der Waals surface area contributed by atoms with Gasteiger partial charge in [-0.05, 0) is 29.7 Å². The molecule has 0 saturated heterocycles. The van der Waals surface area contributed by atoms with Crippen molar-refractivity contribution in [2.45, 2.75) is 26.3 Å². The molecule has 1 aromatic carbocycles. The van der Waals surface area contributed by atoms with Gasteiger partial charge in [-0.3, -0.25) is 0 Å². The van der Waals surface area contributed by atoms with E-state index in [0.717, 1.165) is 28.4 Å². The van der Waals surface area contributed by atoms with Gasteiger partial charge in [-0.15, -0.1) is 5.10 Å². The molecular weight excluding hydrogens is 266 g/mol. The highest BCUT2D eigenvalue weighted by Crippen LogP contribution is 2.25. The van der Waals surface area contributed by atoms with Crippen molar-refractivity contribution in [3.8, 4) is 11.5 Å². The third-order valence-electron chi connectivity index (χ3n) is 3.30. The van der Waals surface area contributed by atoms with E-state index in [9.17, 15) is 0 Å². The summed E-state index contributed by atoms with van der Waals surface area (Å²) in [5.74, 6) is 2.75. The molecule has 21 heavy (non-hydrogen) atoms. The van der Waals surface area contributed by atoms with Crippen LogP contribution in [0.3, 0.4) is 0 Å². The molecule has 0 aliphatic heterocycles. The third-order valence-corrected chi connectivity index (χ3v) is 3.30. The lowest BCUT2D eigenvalue weighted by atomic mass is 10.1. The van der Waals surface area contributed by atoms with Crippen LogP contribution in [0.25, 0.3) is 0 Å². The van der Waals surface area contributed by atoms with Gasteiger partial charge >= 0.3 is 0 Å². The van der Waals surface area contributed by atoms with E-state index in [1.165, 1.54) is 0 Å². The van der Waals surface area contributed by atoms with Crippen molar-refractivity contribution in [3.63, 3.8) is 0 Å². The Labute approximate surface area is 125 Å². The quantitative estimate of drug-likeness (QED) is 0.884. The maximum absolute atomic E-state index is 5.38. The summed E-state index contributed by atoms with van der Waals surface area (Å²) in [6.45, 7) is 4.88. The summed E-state index contributed by atoms with van der Waals surface area (Å²) in [5.41, 5.74) is 2.20. The molecule has 2 rings (SSSR count). The third kappa shape index (κ3) is 3.84. The molecule has 0 radical (unpaired) electrons. The second-order valence-electron chi connectivity index (χ2n) is 5.06. The summed E-state index contributed by atoms with van der Waals surface area (Å²) in [6, 6.07) is 7.78. The van der Waals surface area contributed by atoms with Crippen LogP contribution in [0.5, 0.6) is 11.5 Å². The van der Waals surface area contributed by atoms with Gasteiger partial charge in [0.2, 0.25) is 0 Å². The molecule has 2 aromatic rings. The van der Waals surface area contributed by atoms with E-state index in [1.807, 2.05) is 24.3 Å². The van der Waals surface area contributed by atoms with Crippen LogP contribution in [-0.2, 0) is 6.54 Å². The van der Waals surface area contributed by atoms with Crippen molar-refractivity contribution in [2.75, 3.05) is 19.5 Å². The summed E-state index contributed by atoms with van der Waals surface area (Å²) in [7, 11) is 3.29. The zero-order valence-corrected chi connectivity index (χ0v) is 12.9. The number of hydrogen-bond donors (Lipinski definition) is 1. The number of aromatic nitrogens is 2. The van der Waals surface area contributed by atoms with Crippen LogP contribution in [0.2, 0.25) is 0 Å². The van der Waals surface area contributed by atoms with E-state index in [0.29, 0.717) is 12.5 Å². The number of methoxy groups -OCH3 is 2. The molecule has 0 aliphatic carbocycles. The molecule has 5 heteroatoms. The molecule has 1 N–H and O–H groups in total. The standard InChI is InChI=1S/C16H21N3O2/c1-11(2)13-7-16(19-18-10-13)17-9-12-5-6-14(20-3)8-15(12)21-4/h5-8,10-11H,9H2,1-4H3,(H,17,19). The minimum absolute atomic E-state index is 0.427. The number of rotatable bonds is 6. The maximum atomic E-state index is 5.38. The van der Waals surface area contributed by atoms with Crippen LogP contribution in [0, 0.1) is 0 Å². The molecule has 112 valence electrons. The van der Waals surface area contributed by atoms with Crippen LogP contribution >= 0.6 is 0 Å². The Bertz CT molecular complexity index is 600. The predicted molar refractivity (Wildman–Crippen MR) is 83.0 cm³/mol. The lowest BCUT2D eigenvalue weighted by Crippen LogP contribution is -2.05. The van der Waals surface area contributed by atoms with Crippen molar-refractivity contribution >= 4 is 5.82 Å². The highest BCUT2D eigenvalue weighted by molar-refractivity contribution is 5.44.